The summed E-state index contributed by atoms with van der Waals surface area (Å²) in [5.74, 6) is 1.90. The molecule has 1 saturated heterocycles. The van der Waals surface area contributed by atoms with Gasteiger partial charge in [0.15, 0.2) is 0 Å². The maximum absolute atomic E-state index is 4.43. The fourth-order valence-electron chi connectivity index (χ4n) is 2.92. The fraction of sp³-hybridized carbons (Fsp3) is 0.750. The zero-order chi connectivity index (χ0) is 14.4. The van der Waals surface area contributed by atoms with Gasteiger partial charge in [-0.3, -0.25) is 0 Å². The Kier molecular flexibility index (Phi) is 5.77. The Balaban J connectivity index is 1.87. The van der Waals surface area contributed by atoms with E-state index in [1.54, 1.807) is 6.33 Å². The van der Waals surface area contributed by atoms with Crippen molar-refractivity contribution in [2.45, 2.75) is 52.5 Å². The van der Waals surface area contributed by atoms with Crippen LogP contribution in [0.2, 0.25) is 0 Å². The number of aromatic nitrogens is 2. The Morgan fingerprint density at radius 3 is 2.70 bits per heavy atom. The van der Waals surface area contributed by atoms with Crippen molar-refractivity contribution in [3.05, 3.63) is 18.1 Å². The number of nitrogens with one attached hydrogen (secondary N) is 1. The summed E-state index contributed by atoms with van der Waals surface area (Å²) < 4.78 is 0. The number of anilines is 1. The van der Waals surface area contributed by atoms with Crippen LogP contribution in [-0.2, 0) is 6.42 Å². The summed E-state index contributed by atoms with van der Waals surface area (Å²) in [5, 5.41) is 3.63. The first-order valence-electron chi connectivity index (χ1n) is 8.03. The molecule has 0 saturated carbocycles. The molecule has 0 radical (unpaired) electrons. The van der Waals surface area contributed by atoms with E-state index in [2.05, 4.69) is 47.0 Å². The van der Waals surface area contributed by atoms with Gasteiger partial charge in [0.2, 0.25) is 0 Å². The Morgan fingerprint density at radius 2 is 2.05 bits per heavy atom. The van der Waals surface area contributed by atoms with Crippen LogP contribution in [0.3, 0.4) is 0 Å². The van der Waals surface area contributed by atoms with Crippen LogP contribution in [0.25, 0.3) is 0 Å². The quantitative estimate of drug-likeness (QED) is 0.867. The molecule has 4 nitrogen and oxygen atoms in total. The molecule has 1 atom stereocenters. The van der Waals surface area contributed by atoms with E-state index < -0.39 is 0 Å². The molecule has 1 aromatic heterocycles. The lowest BCUT2D eigenvalue weighted by molar-refractivity contribution is 0.311. The van der Waals surface area contributed by atoms with Crippen LogP contribution in [0, 0.1) is 5.92 Å². The molecule has 1 fully saturated rings. The van der Waals surface area contributed by atoms with Gasteiger partial charge in [0.05, 0.1) is 0 Å². The van der Waals surface area contributed by atoms with Crippen LogP contribution < -0.4 is 10.2 Å². The third-order valence-corrected chi connectivity index (χ3v) is 4.36. The lowest BCUT2D eigenvalue weighted by Crippen LogP contribution is -2.42. The third kappa shape index (κ3) is 3.92. The maximum atomic E-state index is 4.43. The normalized spacial score (nSPS) is 18.2. The average molecular weight is 276 g/mol. The highest BCUT2D eigenvalue weighted by atomic mass is 15.2. The van der Waals surface area contributed by atoms with Crippen LogP contribution in [0.4, 0.5) is 5.82 Å². The lowest BCUT2D eigenvalue weighted by Gasteiger charge is -2.35. The zero-order valence-corrected chi connectivity index (χ0v) is 13.1. The summed E-state index contributed by atoms with van der Waals surface area (Å²) in [6, 6.07) is 2.77. The van der Waals surface area contributed by atoms with E-state index in [-0.39, 0.29) is 0 Å². The van der Waals surface area contributed by atoms with Gasteiger partial charge in [0, 0.05) is 30.9 Å². The molecule has 0 bridgehead atoms. The molecule has 1 unspecified atom stereocenters. The summed E-state index contributed by atoms with van der Waals surface area (Å²) in [6.45, 7) is 10.1. The Hall–Kier alpha value is -1.16. The van der Waals surface area contributed by atoms with E-state index in [9.17, 15) is 0 Å². The largest absolute Gasteiger partial charge is 0.356 e. The number of hydrogen-bond donors (Lipinski definition) is 1. The summed E-state index contributed by atoms with van der Waals surface area (Å²) in [4.78, 5) is 11.1. The first kappa shape index (κ1) is 15.2. The van der Waals surface area contributed by atoms with E-state index in [1.807, 2.05) is 0 Å². The van der Waals surface area contributed by atoms with Crippen molar-refractivity contribution in [3.63, 3.8) is 0 Å². The topological polar surface area (TPSA) is 41.0 Å². The van der Waals surface area contributed by atoms with Gasteiger partial charge in [0.25, 0.3) is 0 Å². The molecule has 1 aliphatic rings. The lowest BCUT2D eigenvalue weighted by atomic mass is 9.90. The van der Waals surface area contributed by atoms with Crippen LogP contribution in [0.5, 0.6) is 0 Å². The van der Waals surface area contributed by atoms with E-state index in [4.69, 9.17) is 0 Å². The van der Waals surface area contributed by atoms with Crippen LogP contribution in [0.15, 0.2) is 12.4 Å². The second-order valence-corrected chi connectivity index (χ2v) is 5.79. The Morgan fingerprint density at radius 1 is 1.30 bits per heavy atom. The van der Waals surface area contributed by atoms with Gasteiger partial charge in [-0.1, -0.05) is 13.8 Å². The van der Waals surface area contributed by atoms with Crippen molar-refractivity contribution < 1.29 is 0 Å². The summed E-state index contributed by atoms with van der Waals surface area (Å²) >= 11 is 0. The molecule has 0 amide bonds. The fourth-order valence-corrected chi connectivity index (χ4v) is 2.92. The van der Waals surface area contributed by atoms with Gasteiger partial charge in [-0.2, -0.15) is 0 Å². The van der Waals surface area contributed by atoms with E-state index in [0.29, 0.717) is 6.04 Å². The van der Waals surface area contributed by atoms with Gasteiger partial charge in [-0.25, -0.2) is 9.97 Å². The van der Waals surface area contributed by atoms with Crippen molar-refractivity contribution in [3.8, 4) is 0 Å². The molecule has 1 aliphatic heterocycles. The number of rotatable bonds is 6. The molecule has 4 heteroatoms. The molecule has 0 aromatic carbocycles. The van der Waals surface area contributed by atoms with E-state index in [0.717, 1.165) is 43.5 Å². The predicted molar refractivity (Wildman–Crippen MR) is 84.1 cm³/mol. The Bertz CT molecular complexity index is 399. The minimum atomic E-state index is 0.633. The van der Waals surface area contributed by atoms with Crippen molar-refractivity contribution in [1.82, 2.24) is 15.3 Å². The second-order valence-electron chi connectivity index (χ2n) is 5.79. The molecule has 1 aromatic rings. The van der Waals surface area contributed by atoms with E-state index in [1.165, 1.54) is 19.3 Å². The summed E-state index contributed by atoms with van der Waals surface area (Å²) in [6.07, 6.45) is 6.40. The van der Waals surface area contributed by atoms with Gasteiger partial charge in [-0.15, -0.1) is 0 Å². The van der Waals surface area contributed by atoms with Crippen LogP contribution in [-0.4, -0.2) is 35.6 Å². The number of aryl methyl sites for hydroxylation is 1. The highest BCUT2D eigenvalue weighted by Gasteiger charge is 2.24. The van der Waals surface area contributed by atoms with Gasteiger partial charge in [-0.05, 0) is 45.1 Å². The minimum absolute atomic E-state index is 0.633. The number of nitrogens with zero attached hydrogens (tertiary/aromatic N) is 3. The smallest absolute Gasteiger partial charge is 0.132 e. The van der Waals surface area contributed by atoms with Crippen molar-refractivity contribution in [2.24, 2.45) is 5.92 Å². The van der Waals surface area contributed by atoms with Crippen molar-refractivity contribution in [2.75, 3.05) is 24.5 Å². The first-order valence-corrected chi connectivity index (χ1v) is 8.03. The average Bonchev–Trinajstić information content (AvgIpc) is 2.52. The zero-order valence-electron chi connectivity index (χ0n) is 13.1. The molecule has 0 spiro atoms. The summed E-state index contributed by atoms with van der Waals surface area (Å²) in [7, 11) is 0. The standard InChI is InChI=1S/C16H28N4/c1-4-8-17-13(3)14-6-9-20(10-7-14)16-11-15(5-2)18-12-19-16/h11-14,17H,4-10H2,1-3H3. The molecular weight excluding hydrogens is 248 g/mol. The molecular formula is C16H28N4. The van der Waals surface area contributed by atoms with Crippen LogP contribution in [0.1, 0.15) is 45.7 Å². The Labute approximate surface area is 123 Å². The third-order valence-electron chi connectivity index (χ3n) is 4.36. The molecule has 20 heavy (non-hydrogen) atoms. The molecule has 112 valence electrons. The van der Waals surface area contributed by atoms with Crippen molar-refractivity contribution in [1.29, 1.82) is 0 Å². The van der Waals surface area contributed by atoms with Gasteiger partial charge >= 0.3 is 0 Å². The molecule has 1 N–H and O–H groups in total. The minimum Gasteiger partial charge on any atom is -0.356 e. The van der Waals surface area contributed by atoms with Crippen LogP contribution >= 0.6 is 0 Å². The number of piperidine rings is 1. The van der Waals surface area contributed by atoms with Gasteiger partial charge < -0.3 is 10.2 Å². The highest BCUT2D eigenvalue weighted by Crippen LogP contribution is 2.24. The van der Waals surface area contributed by atoms with Crippen molar-refractivity contribution >= 4 is 5.82 Å². The highest BCUT2D eigenvalue weighted by molar-refractivity contribution is 5.39. The number of hydrogen-bond acceptors (Lipinski definition) is 4. The molecule has 0 aliphatic carbocycles. The molecule has 2 heterocycles. The SMILES string of the molecule is CCCNC(C)C1CCN(c2cc(CC)ncn2)CC1. The maximum Gasteiger partial charge on any atom is 0.132 e. The molecule has 2 rings (SSSR count). The van der Waals surface area contributed by atoms with E-state index >= 15 is 0 Å². The second kappa shape index (κ2) is 7.58. The first-order chi connectivity index (χ1) is 9.74. The predicted octanol–water partition coefficient (Wildman–Crippen LogP) is 2.64. The monoisotopic (exact) mass is 276 g/mol. The summed E-state index contributed by atoms with van der Waals surface area (Å²) in [5.41, 5.74) is 1.13. The van der Waals surface area contributed by atoms with Gasteiger partial charge in [0.1, 0.15) is 12.1 Å².